The fourth-order valence-corrected chi connectivity index (χ4v) is 3.22. The normalized spacial score (nSPS) is 14.7. The number of nitrogens with zero attached hydrogens (tertiary/aromatic N) is 2. The molecule has 122 valence electrons. The van der Waals surface area contributed by atoms with Gasteiger partial charge in [-0.1, -0.05) is 28.8 Å². The van der Waals surface area contributed by atoms with Crippen LogP contribution in [0.2, 0.25) is 5.02 Å². The van der Waals surface area contributed by atoms with Crippen LogP contribution in [0.5, 0.6) is 0 Å². The van der Waals surface area contributed by atoms with Gasteiger partial charge < -0.3 is 9.73 Å². The fraction of sp³-hybridized carbons (Fsp3) is 0.357. The fourth-order valence-electron chi connectivity index (χ4n) is 1.95. The van der Waals surface area contributed by atoms with Crippen molar-refractivity contribution in [1.82, 2.24) is 15.5 Å². The summed E-state index contributed by atoms with van der Waals surface area (Å²) in [5, 5.41) is 9.92. The molecule has 7 nitrogen and oxygen atoms in total. The number of sulfone groups is 1. The molecule has 3 rings (SSSR count). The highest BCUT2D eigenvalue weighted by Crippen LogP contribution is 2.28. The molecular formula is C14H14ClN3O4S. The lowest BCUT2D eigenvalue weighted by atomic mass is 10.2. The van der Waals surface area contributed by atoms with Gasteiger partial charge in [0.1, 0.15) is 0 Å². The molecule has 1 aliphatic carbocycles. The van der Waals surface area contributed by atoms with Gasteiger partial charge in [-0.05, 0) is 30.5 Å². The van der Waals surface area contributed by atoms with Crippen LogP contribution in [0.1, 0.15) is 24.3 Å². The van der Waals surface area contributed by atoms with Crippen LogP contribution in [-0.2, 0) is 26.9 Å². The SMILES string of the molecule is O=C(NCc1nnc(S(=O)(=O)Cc2ccc(Cl)cc2)o1)C1CC1. The summed E-state index contributed by atoms with van der Waals surface area (Å²) in [5.41, 5.74) is 0.566. The monoisotopic (exact) mass is 355 g/mol. The van der Waals surface area contributed by atoms with Crippen molar-refractivity contribution in [1.29, 1.82) is 0 Å². The van der Waals surface area contributed by atoms with E-state index in [2.05, 4.69) is 15.5 Å². The maximum atomic E-state index is 12.2. The Labute approximate surface area is 138 Å². The van der Waals surface area contributed by atoms with Crippen LogP contribution in [0, 0.1) is 5.92 Å². The summed E-state index contributed by atoms with van der Waals surface area (Å²) in [7, 11) is -3.74. The number of carbonyl (C=O) groups is 1. The standard InChI is InChI=1S/C14H14ClN3O4S/c15-11-5-1-9(2-6-11)8-23(20,21)14-18-17-12(22-14)7-16-13(19)10-3-4-10/h1-2,5-6,10H,3-4,7-8H2,(H,16,19). The van der Waals surface area contributed by atoms with E-state index in [-0.39, 0.29) is 30.0 Å². The van der Waals surface area contributed by atoms with Crippen LogP contribution in [0.25, 0.3) is 0 Å². The van der Waals surface area contributed by atoms with Gasteiger partial charge in [0.25, 0.3) is 0 Å². The molecule has 1 aromatic heterocycles. The van der Waals surface area contributed by atoms with Crippen molar-refractivity contribution in [2.24, 2.45) is 5.92 Å². The largest absolute Gasteiger partial charge is 0.411 e. The molecule has 1 fully saturated rings. The summed E-state index contributed by atoms with van der Waals surface area (Å²) in [6, 6.07) is 6.46. The molecule has 23 heavy (non-hydrogen) atoms. The zero-order valence-electron chi connectivity index (χ0n) is 12.0. The quantitative estimate of drug-likeness (QED) is 0.846. The van der Waals surface area contributed by atoms with Gasteiger partial charge in [0.05, 0.1) is 12.3 Å². The zero-order valence-corrected chi connectivity index (χ0v) is 13.6. The second-order valence-corrected chi connectivity index (χ2v) is 7.64. The van der Waals surface area contributed by atoms with Crippen molar-refractivity contribution in [3.05, 3.63) is 40.7 Å². The van der Waals surface area contributed by atoms with Crippen LogP contribution in [0.15, 0.2) is 33.9 Å². The van der Waals surface area contributed by atoms with E-state index in [9.17, 15) is 13.2 Å². The first kappa shape index (κ1) is 15.9. The summed E-state index contributed by atoms with van der Waals surface area (Å²) in [5.74, 6) is -0.214. The van der Waals surface area contributed by atoms with Gasteiger partial charge in [-0.25, -0.2) is 8.42 Å². The van der Waals surface area contributed by atoms with Crippen LogP contribution in [0.4, 0.5) is 0 Å². The van der Waals surface area contributed by atoms with Gasteiger partial charge in [0, 0.05) is 10.9 Å². The van der Waals surface area contributed by atoms with Crippen molar-refractivity contribution in [3.8, 4) is 0 Å². The smallest absolute Gasteiger partial charge is 0.335 e. The van der Waals surface area contributed by atoms with Crippen LogP contribution >= 0.6 is 11.6 Å². The highest BCUT2D eigenvalue weighted by atomic mass is 35.5. The van der Waals surface area contributed by atoms with E-state index >= 15 is 0 Å². The van der Waals surface area contributed by atoms with Crippen molar-refractivity contribution in [2.45, 2.75) is 30.4 Å². The molecule has 1 aromatic carbocycles. The number of rotatable bonds is 6. The van der Waals surface area contributed by atoms with Gasteiger partial charge >= 0.3 is 5.22 Å². The molecular weight excluding hydrogens is 342 g/mol. The third kappa shape index (κ3) is 4.08. The number of halogens is 1. The minimum atomic E-state index is -3.74. The number of amides is 1. The Morgan fingerprint density at radius 2 is 1.96 bits per heavy atom. The lowest BCUT2D eigenvalue weighted by Gasteiger charge is -2.01. The molecule has 1 saturated carbocycles. The molecule has 9 heteroatoms. The van der Waals surface area contributed by atoms with E-state index < -0.39 is 15.1 Å². The molecule has 0 spiro atoms. The molecule has 0 atom stereocenters. The summed E-state index contributed by atoms with van der Waals surface area (Å²) in [6.07, 6.45) is 1.77. The number of carbonyl (C=O) groups excluding carboxylic acids is 1. The van der Waals surface area contributed by atoms with Crippen LogP contribution in [0.3, 0.4) is 0 Å². The van der Waals surface area contributed by atoms with Crippen molar-refractivity contribution < 1.29 is 17.6 Å². The number of aromatic nitrogens is 2. The van der Waals surface area contributed by atoms with E-state index in [0.717, 1.165) is 12.8 Å². The maximum absolute atomic E-state index is 12.2. The van der Waals surface area contributed by atoms with Gasteiger partial charge in [0.2, 0.25) is 21.6 Å². The van der Waals surface area contributed by atoms with Crippen molar-refractivity contribution in [2.75, 3.05) is 0 Å². The third-order valence-electron chi connectivity index (χ3n) is 3.35. The summed E-state index contributed by atoms with van der Waals surface area (Å²) in [6.45, 7) is 0.0266. The molecule has 1 aliphatic rings. The Morgan fingerprint density at radius 3 is 2.61 bits per heavy atom. The van der Waals surface area contributed by atoms with E-state index in [4.69, 9.17) is 16.0 Å². The molecule has 0 unspecified atom stereocenters. The maximum Gasteiger partial charge on any atom is 0.335 e. The highest BCUT2D eigenvalue weighted by molar-refractivity contribution is 7.90. The second-order valence-electron chi connectivity index (χ2n) is 5.34. The number of benzene rings is 1. The van der Waals surface area contributed by atoms with Gasteiger partial charge in [-0.15, -0.1) is 5.10 Å². The predicted molar refractivity (Wildman–Crippen MR) is 81.2 cm³/mol. The Morgan fingerprint density at radius 1 is 1.26 bits per heavy atom. The topological polar surface area (TPSA) is 102 Å². The summed E-state index contributed by atoms with van der Waals surface area (Å²) in [4.78, 5) is 11.5. The van der Waals surface area contributed by atoms with Crippen molar-refractivity contribution in [3.63, 3.8) is 0 Å². The molecule has 0 saturated heterocycles. The zero-order chi connectivity index (χ0) is 16.4. The van der Waals surface area contributed by atoms with E-state index in [0.29, 0.717) is 10.6 Å². The van der Waals surface area contributed by atoms with Crippen LogP contribution < -0.4 is 5.32 Å². The number of hydrogen-bond donors (Lipinski definition) is 1. The molecule has 1 N–H and O–H groups in total. The molecule has 0 aliphatic heterocycles. The Balaban J connectivity index is 1.65. The first-order valence-corrected chi connectivity index (χ1v) is 9.04. The van der Waals surface area contributed by atoms with Crippen LogP contribution in [-0.4, -0.2) is 24.5 Å². The van der Waals surface area contributed by atoms with E-state index in [1.165, 1.54) is 0 Å². The minimum absolute atomic E-state index is 0.0266. The highest BCUT2D eigenvalue weighted by Gasteiger charge is 2.30. The lowest BCUT2D eigenvalue weighted by Crippen LogP contribution is -2.24. The lowest BCUT2D eigenvalue weighted by molar-refractivity contribution is -0.122. The first-order chi connectivity index (χ1) is 10.9. The first-order valence-electron chi connectivity index (χ1n) is 7.01. The minimum Gasteiger partial charge on any atom is -0.411 e. The Kier molecular flexibility index (Phi) is 4.36. The van der Waals surface area contributed by atoms with E-state index in [1.54, 1.807) is 24.3 Å². The summed E-state index contributed by atoms with van der Waals surface area (Å²) >= 11 is 5.77. The number of nitrogens with one attached hydrogen (secondary N) is 1. The molecule has 0 radical (unpaired) electrons. The third-order valence-corrected chi connectivity index (χ3v) is 5.01. The van der Waals surface area contributed by atoms with Gasteiger partial charge in [-0.2, -0.15) is 0 Å². The summed E-state index contributed by atoms with van der Waals surface area (Å²) < 4.78 is 29.6. The van der Waals surface area contributed by atoms with Crippen molar-refractivity contribution >= 4 is 27.3 Å². The molecule has 1 amide bonds. The molecule has 1 heterocycles. The average Bonchev–Trinajstić information content (AvgIpc) is 3.25. The molecule has 0 bridgehead atoms. The Hall–Kier alpha value is -1.93. The van der Waals surface area contributed by atoms with E-state index in [1.807, 2.05) is 0 Å². The Bertz CT molecular complexity index is 813. The average molecular weight is 356 g/mol. The van der Waals surface area contributed by atoms with Gasteiger partial charge in [-0.3, -0.25) is 4.79 Å². The number of hydrogen-bond acceptors (Lipinski definition) is 6. The predicted octanol–water partition coefficient (Wildman–Crippen LogP) is 1.72. The molecule has 2 aromatic rings. The van der Waals surface area contributed by atoms with Gasteiger partial charge in [0.15, 0.2) is 0 Å². The second kappa shape index (κ2) is 6.29.